The maximum atomic E-state index is 13.6. The number of aryl methyl sites for hydroxylation is 1. The van der Waals surface area contributed by atoms with Gasteiger partial charge in [0.2, 0.25) is 0 Å². The summed E-state index contributed by atoms with van der Waals surface area (Å²) in [6.45, 7) is 7.71. The second kappa shape index (κ2) is 4.26. The van der Waals surface area contributed by atoms with Crippen LogP contribution >= 0.6 is 0 Å². The van der Waals surface area contributed by atoms with Crippen LogP contribution in [0.2, 0.25) is 0 Å². The third-order valence-electron chi connectivity index (χ3n) is 3.06. The quantitative estimate of drug-likeness (QED) is 0.776. The zero-order valence-corrected chi connectivity index (χ0v) is 11.7. The number of imidazole rings is 1. The minimum absolute atomic E-state index is 0.232. The van der Waals surface area contributed by atoms with Gasteiger partial charge in [0.05, 0.1) is 0 Å². The van der Waals surface area contributed by atoms with Crippen molar-refractivity contribution in [2.24, 2.45) is 0 Å². The first-order chi connectivity index (χ1) is 8.71. The first-order valence-electron chi connectivity index (χ1n) is 6.12. The van der Waals surface area contributed by atoms with E-state index in [9.17, 15) is 4.39 Å². The number of rotatable bonds is 1. The van der Waals surface area contributed by atoms with Crippen LogP contribution in [0.15, 0.2) is 18.2 Å². The van der Waals surface area contributed by atoms with Crippen LogP contribution in [0.1, 0.15) is 32.2 Å². The van der Waals surface area contributed by atoms with Crippen molar-refractivity contribution in [1.29, 1.82) is 0 Å². The van der Waals surface area contributed by atoms with Crippen LogP contribution in [0.25, 0.3) is 11.3 Å². The topological polar surface area (TPSA) is 69.9 Å². The number of nitrogen functional groups attached to an aromatic ring is 2. The lowest BCUT2D eigenvalue weighted by Gasteiger charge is -2.17. The molecule has 0 saturated heterocycles. The summed E-state index contributed by atoms with van der Waals surface area (Å²) in [5.41, 5.74) is 7.48. The molecule has 0 unspecified atom stereocenters. The Hall–Kier alpha value is -2.04. The maximum absolute atomic E-state index is 13.6. The van der Waals surface area contributed by atoms with Gasteiger partial charge < -0.3 is 11.6 Å². The van der Waals surface area contributed by atoms with E-state index >= 15 is 0 Å². The SMILES string of the molecule is Cc1ccc(-c2nc(C(C)(C)C)n(N)c2N)cc1F. The van der Waals surface area contributed by atoms with Crippen LogP contribution in [0.4, 0.5) is 10.2 Å². The number of anilines is 1. The van der Waals surface area contributed by atoms with E-state index in [4.69, 9.17) is 11.6 Å². The van der Waals surface area contributed by atoms with Gasteiger partial charge in [-0.15, -0.1) is 0 Å². The Kier molecular flexibility index (Phi) is 3.00. The molecule has 102 valence electrons. The van der Waals surface area contributed by atoms with E-state index in [0.717, 1.165) is 0 Å². The lowest BCUT2D eigenvalue weighted by atomic mass is 9.96. The molecule has 0 aliphatic heterocycles. The van der Waals surface area contributed by atoms with Crippen LogP contribution in [-0.2, 0) is 5.41 Å². The Balaban J connectivity index is 2.60. The lowest BCUT2D eigenvalue weighted by Crippen LogP contribution is -2.24. The highest BCUT2D eigenvalue weighted by atomic mass is 19.1. The molecule has 0 fully saturated rings. The van der Waals surface area contributed by atoms with Crippen molar-refractivity contribution in [2.75, 3.05) is 11.6 Å². The van der Waals surface area contributed by atoms with E-state index in [1.807, 2.05) is 20.8 Å². The zero-order chi connectivity index (χ0) is 14.4. The molecule has 1 heterocycles. The third-order valence-corrected chi connectivity index (χ3v) is 3.06. The van der Waals surface area contributed by atoms with Gasteiger partial charge in [-0.3, -0.25) is 0 Å². The fourth-order valence-corrected chi connectivity index (χ4v) is 1.93. The molecule has 0 aliphatic carbocycles. The number of aromatic nitrogens is 2. The van der Waals surface area contributed by atoms with E-state index in [1.165, 1.54) is 10.7 Å². The molecule has 0 atom stereocenters. The third kappa shape index (κ3) is 2.28. The molecule has 1 aromatic heterocycles. The second-order valence-electron chi connectivity index (χ2n) is 5.75. The molecule has 0 amide bonds. The van der Waals surface area contributed by atoms with Gasteiger partial charge in [-0.2, -0.15) is 0 Å². The molecule has 0 bridgehead atoms. The van der Waals surface area contributed by atoms with E-state index in [1.54, 1.807) is 19.1 Å². The number of nitrogens with zero attached hydrogens (tertiary/aromatic N) is 2. The van der Waals surface area contributed by atoms with E-state index in [0.29, 0.717) is 28.5 Å². The van der Waals surface area contributed by atoms with Crippen LogP contribution in [0, 0.1) is 12.7 Å². The van der Waals surface area contributed by atoms with Gasteiger partial charge in [0.15, 0.2) is 5.82 Å². The van der Waals surface area contributed by atoms with Crippen LogP contribution in [-0.4, -0.2) is 9.66 Å². The highest BCUT2D eigenvalue weighted by Crippen LogP contribution is 2.30. The van der Waals surface area contributed by atoms with Gasteiger partial charge in [-0.25, -0.2) is 14.1 Å². The normalized spacial score (nSPS) is 11.8. The monoisotopic (exact) mass is 262 g/mol. The number of halogens is 1. The minimum Gasteiger partial charge on any atom is -0.382 e. The summed E-state index contributed by atoms with van der Waals surface area (Å²) in [4.78, 5) is 4.47. The van der Waals surface area contributed by atoms with Gasteiger partial charge >= 0.3 is 0 Å². The second-order valence-corrected chi connectivity index (χ2v) is 5.75. The Morgan fingerprint density at radius 2 is 1.89 bits per heavy atom. The fraction of sp³-hybridized carbons (Fsp3) is 0.357. The van der Waals surface area contributed by atoms with Crippen LogP contribution in [0.3, 0.4) is 0 Å². The summed E-state index contributed by atoms with van der Waals surface area (Å²) in [6, 6.07) is 4.93. The van der Waals surface area contributed by atoms with Crippen molar-refractivity contribution in [3.63, 3.8) is 0 Å². The van der Waals surface area contributed by atoms with Crippen molar-refractivity contribution in [3.8, 4) is 11.3 Å². The molecule has 2 rings (SSSR count). The van der Waals surface area contributed by atoms with Gasteiger partial charge in [-0.1, -0.05) is 32.9 Å². The Morgan fingerprint density at radius 1 is 1.26 bits per heavy atom. The zero-order valence-electron chi connectivity index (χ0n) is 11.7. The Bertz CT molecular complexity index is 623. The standard InChI is InChI=1S/C14H19FN4/c1-8-5-6-9(7-10(8)15)11-12(16)19(17)13(18-11)14(2,3)4/h5-7H,16-17H2,1-4H3. The molecular formula is C14H19FN4. The van der Waals surface area contributed by atoms with Crippen molar-refractivity contribution in [3.05, 3.63) is 35.4 Å². The first kappa shape index (κ1) is 13.4. The molecule has 2 aromatic rings. The van der Waals surface area contributed by atoms with Crippen molar-refractivity contribution in [1.82, 2.24) is 9.66 Å². The molecule has 0 aliphatic rings. The lowest BCUT2D eigenvalue weighted by molar-refractivity contribution is 0.532. The molecular weight excluding hydrogens is 243 g/mol. The van der Waals surface area contributed by atoms with Gasteiger partial charge in [-0.05, 0) is 18.6 Å². The average molecular weight is 262 g/mol. The molecule has 4 nitrogen and oxygen atoms in total. The molecule has 0 saturated carbocycles. The van der Waals surface area contributed by atoms with Gasteiger partial charge in [0.1, 0.15) is 17.3 Å². The number of nitrogens with two attached hydrogens (primary N) is 2. The van der Waals surface area contributed by atoms with Crippen molar-refractivity contribution < 1.29 is 4.39 Å². The maximum Gasteiger partial charge on any atom is 0.150 e. The number of hydrogen-bond acceptors (Lipinski definition) is 3. The summed E-state index contributed by atoms with van der Waals surface area (Å²) in [6.07, 6.45) is 0. The predicted octanol–water partition coefficient (Wildman–Crippen LogP) is 2.59. The van der Waals surface area contributed by atoms with Crippen molar-refractivity contribution >= 4 is 5.82 Å². The van der Waals surface area contributed by atoms with Crippen molar-refractivity contribution in [2.45, 2.75) is 33.1 Å². The summed E-state index contributed by atoms with van der Waals surface area (Å²) in [5, 5.41) is 0. The first-order valence-corrected chi connectivity index (χ1v) is 6.12. The highest BCUT2D eigenvalue weighted by molar-refractivity contribution is 5.71. The Morgan fingerprint density at radius 3 is 2.37 bits per heavy atom. The number of hydrogen-bond donors (Lipinski definition) is 2. The smallest absolute Gasteiger partial charge is 0.150 e. The molecule has 0 radical (unpaired) electrons. The summed E-state index contributed by atoms with van der Waals surface area (Å²) < 4.78 is 15.0. The largest absolute Gasteiger partial charge is 0.382 e. The minimum atomic E-state index is -0.277. The van der Waals surface area contributed by atoms with E-state index in [2.05, 4.69) is 4.98 Å². The van der Waals surface area contributed by atoms with Crippen LogP contribution < -0.4 is 11.6 Å². The molecule has 5 heteroatoms. The molecule has 4 N–H and O–H groups in total. The summed E-state index contributed by atoms with van der Waals surface area (Å²) >= 11 is 0. The van der Waals surface area contributed by atoms with Gasteiger partial charge in [0.25, 0.3) is 0 Å². The predicted molar refractivity (Wildman–Crippen MR) is 75.6 cm³/mol. The van der Waals surface area contributed by atoms with E-state index < -0.39 is 0 Å². The summed E-state index contributed by atoms with van der Waals surface area (Å²) in [7, 11) is 0. The number of benzene rings is 1. The molecule has 0 spiro atoms. The molecule has 19 heavy (non-hydrogen) atoms. The van der Waals surface area contributed by atoms with Gasteiger partial charge in [0, 0.05) is 11.0 Å². The average Bonchev–Trinajstić information content (AvgIpc) is 2.60. The fourth-order valence-electron chi connectivity index (χ4n) is 1.93. The molecule has 1 aromatic carbocycles. The Labute approximate surface area is 112 Å². The van der Waals surface area contributed by atoms with E-state index in [-0.39, 0.29) is 11.2 Å². The summed E-state index contributed by atoms with van der Waals surface area (Å²) in [5.74, 6) is 6.66. The van der Waals surface area contributed by atoms with Crippen LogP contribution in [0.5, 0.6) is 0 Å². The highest BCUT2D eigenvalue weighted by Gasteiger charge is 2.24.